The maximum Gasteiger partial charge on any atom is 0.239 e. The van der Waals surface area contributed by atoms with Gasteiger partial charge in [0.1, 0.15) is 0 Å². The SMILES string of the molecule is COCC(C)NC(=O)CNC(C)C(=O)N1CCCCC1. The molecule has 2 N–H and O–H groups in total. The minimum atomic E-state index is -0.323. The lowest BCUT2D eigenvalue weighted by atomic mass is 10.1. The Bertz CT molecular complexity index is 317. The van der Waals surface area contributed by atoms with Crippen LogP contribution in [0.1, 0.15) is 33.1 Å². The Morgan fingerprint density at radius 2 is 1.85 bits per heavy atom. The summed E-state index contributed by atoms with van der Waals surface area (Å²) in [4.78, 5) is 25.7. The Morgan fingerprint density at radius 3 is 2.45 bits per heavy atom. The summed E-state index contributed by atoms with van der Waals surface area (Å²) in [6, 6.07) is -0.348. The van der Waals surface area contributed by atoms with Gasteiger partial charge in [-0.2, -0.15) is 0 Å². The van der Waals surface area contributed by atoms with Crippen LogP contribution in [0, 0.1) is 0 Å². The fourth-order valence-electron chi connectivity index (χ4n) is 2.34. The molecule has 116 valence electrons. The smallest absolute Gasteiger partial charge is 0.239 e. The lowest BCUT2D eigenvalue weighted by Crippen LogP contribution is -2.50. The summed E-state index contributed by atoms with van der Waals surface area (Å²) in [5, 5.41) is 5.79. The number of amides is 2. The summed E-state index contributed by atoms with van der Waals surface area (Å²) in [6.45, 7) is 5.99. The van der Waals surface area contributed by atoms with Gasteiger partial charge >= 0.3 is 0 Å². The zero-order valence-electron chi connectivity index (χ0n) is 12.8. The van der Waals surface area contributed by atoms with Crippen LogP contribution in [0.25, 0.3) is 0 Å². The molecule has 2 atom stereocenters. The average Bonchev–Trinajstić information content (AvgIpc) is 2.45. The Labute approximate surface area is 121 Å². The molecule has 0 spiro atoms. The summed E-state index contributed by atoms with van der Waals surface area (Å²) in [6.07, 6.45) is 3.35. The average molecular weight is 285 g/mol. The van der Waals surface area contributed by atoms with Crippen LogP contribution in [0.4, 0.5) is 0 Å². The van der Waals surface area contributed by atoms with Crippen molar-refractivity contribution in [3.63, 3.8) is 0 Å². The normalized spacial score (nSPS) is 18.4. The van der Waals surface area contributed by atoms with Crippen LogP contribution in [0.2, 0.25) is 0 Å². The third kappa shape index (κ3) is 5.88. The molecule has 1 saturated heterocycles. The molecule has 6 heteroatoms. The molecule has 1 aliphatic rings. The van der Waals surface area contributed by atoms with Gasteiger partial charge in [0.15, 0.2) is 0 Å². The molecule has 0 bridgehead atoms. The molecule has 1 heterocycles. The molecular formula is C14H27N3O3. The van der Waals surface area contributed by atoms with E-state index in [0.717, 1.165) is 25.9 Å². The van der Waals surface area contributed by atoms with E-state index in [1.165, 1.54) is 6.42 Å². The minimum Gasteiger partial charge on any atom is -0.383 e. The summed E-state index contributed by atoms with van der Waals surface area (Å²) < 4.78 is 4.95. The standard InChI is InChI=1S/C14H27N3O3/c1-11(10-20-3)16-13(18)9-15-12(2)14(19)17-7-5-4-6-8-17/h11-12,15H,4-10H2,1-3H3,(H,16,18). The van der Waals surface area contributed by atoms with Gasteiger partial charge in [0.2, 0.25) is 11.8 Å². The van der Waals surface area contributed by atoms with Crippen LogP contribution in [-0.4, -0.2) is 62.1 Å². The first-order valence-corrected chi connectivity index (χ1v) is 7.35. The Kier molecular flexibility index (Phi) is 7.54. The lowest BCUT2D eigenvalue weighted by molar-refractivity contribution is -0.134. The Balaban J connectivity index is 2.25. The van der Waals surface area contributed by atoms with Gasteiger partial charge < -0.3 is 15.0 Å². The highest BCUT2D eigenvalue weighted by Gasteiger charge is 2.22. The van der Waals surface area contributed by atoms with Crippen molar-refractivity contribution in [3.05, 3.63) is 0 Å². The van der Waals surface area contributed by atoms with Crippen LogP contribution in [0.5, 0.6) is 0 Å². The van der Waals surface area contributed by atoms with E-state index in [4.69, 9.17) is 4.74 Å². The van der Waals surface area contributed by atoms with Gasteiger partial charge in [-0.3, -0.25) is 14.9 Å². The first kappa shape index (κ1) is 16.9. The summed E-state index contributed by atoms with van der Waals surface area (Å²) in [5.41, 5.74) is 0. The van der Waals surface area contributed by atoms with Crippen LogP contribution in [0.3, 0.4) is 0 Å². The highest BCUT2D eigenvalue weighted by atomic mass is 16.5. The number of likely N-dealkylation sites (tertiary alicyclic amines) is 1. The van der Waals surface area contributed by atoms with Crippen molar-refractivity contribution < 1.29 is 14.3 Å². The summed E-state index contributed by atoms with van der Waals surface area (Å²) in [5.74, 6) is -0.0321. The van der Waals surface area contributed by atoms with Crippen LogP contribution >= 0.6 is 0 Å². The van der Waals surface area contributed by atoms with E-state index < -0.39 is 0 Å². The number of carbonyl (C=O) groups is 2. The van der Waals surface area contributed by atoms with Crippen molar-refractivity contribution in [2.45, 2.75) is 45.2 Å². The largest absolute Gasteiger partial charge is 0.383 e. The van der Waals surface area contributed by atoms with Gasteiger partial charge in [-0.15, -0.1) is 0 Å². The van der Waals surface area contributed by atoms with Crippen LogP contribution in [-0.2, 0) is 14.3 Å². The first-order valence-electron chi connectivity index (χ1n) is 7.35. The van der Waals surface area contributed by atoms with E-state index in [2.05, 4.69) is 10.6 Å². The zero-order chi connectivity index (χ0) is 15.0. The predicted molar refractivity (Wildman–Crippen MR) is 77.4 cm³/mol. The van der Waals surface area contributed by atoms with Gasteiger partial charge in [-0.25, -0.2) is 0 Å². The number of ether oxygens (including phenoxy) is 1. The number of hydrogen-bond donors (Lipinski definition) is 2. The van der Waals surface area contributed by atoms with E-state index in [9.17, 15) is 9.59 Å². The number of rotatable bonds is 7. The monoisotopic (exact) mass is 285 g/mol. The molecule has 0 aromatic heterocycles. The molecule has 1 fully saturated rings. The molecule has 0 radical (unpaired) electrons. The summed E-state index contributed by atoms with van der Waals surface area (Å²) in [7, 11) is 1.60. The third-order valence-electron chi connectivity index (χ3n) is 3.43. The molecule has 2 unspecified atom stereocenters. The number of methoxy groups -OCH3 is 1. The first-order chi connectivity index (χ1) is 9.54. The molecule has 1 aliphatic heterocycles. The number of nitrogens with one attached hydrogen (secondary N) is 2. The quantitative estimate of drug-likeness (QED) is 0.697. The lowest BCUT2D eigenvalue weighted by Gasteiger charge is -2.29. The van der Waals surface area contributed by atoms with Crippen LogP contribution < -0.4 is 10.6 Å². The number of piperidine rings is 1. The summed E-state index contributed by atoms with van der Waals surface area (Å²) >= 11 is 0. The molecule has 20 heavy (non-hydrogen) atoms. The number of hydrogen-bond acceptors (Lipinski definition) is 4. The molecular weight excluding hydrogens is 258 g/mol. The molecule has 1 rings (SSSR count). The molecule has 2 amide bonds. The predicted octanol–water partition coefficient (Wildman–Crippen LogP) is 0.128. The minimum absolute atomic E-state index is 0.0256. The van der Waals surface area contributed by atoms with E-state index >= 15 is 0 Å². The van der Waals surface area contributed by atoms with E-state index in [-0.39, 0.29) is 30.4 Å². The van der Waals surface area contributed by atoms with Crippen molar-refractivity contribution >= 4 is 11.8 Å². The second-order valence-electron chi connectivity index (χ2n) is 5.41. The van der Waals surface area contributed by atoms with Gasteiger partial charge in [-0.05, 0) is 33.1 Å². The number of carbonyl (C=O) groups excluding carboxylic acids is 2. The molecule has 0 aliphatic carbocycles. The zero-order valence-corrected chi connectivity index (χ0v) is 12.8. The Hall–Kier alpha value is -1.14. The van der Waals surface area contributed by atoms with Gasteiger partial charge in [0.25, 0.3) is 0 Å². The Morgan fingerprint density at radius 1 is 1.20 bits per heavy atom. The van der Waals surface area contributed by atoms with Crippen molar-refractivity contribution in [2.75, 3.05) is 33.4 Å². The fraction of sp³-hybridized carbons (Fsp3) is 0.857. The highest BCUT2D eigenvalue weighted by molar-refractivity contribution is 5.83. The molecule has 0 aromatic carbocycles. The molecule has 6 nitrogen and oxygen atoms in total. The number of nitrogens with zero attached hydrogens (tertiary/aromatic N) is 1. The topological polar surface area (TPSA) is 70.7 Å². The molecule has 0 aromatic rings. The van der Waals surface area contributed by atoms with Gasteiger partial charge in [0, 0.05) is 26.2 Å². The van der Waals surface area contributed by atoms with Gasteiger partial charge in [0.05, 0.1) is 19.2 Å². The third-order valence-corrected chi connectivity index (χ3v) is 3.43. The van der Waals surface area contributed by atoms with Crippen molar-refractivity contribution in [3.8, 4) is 0 Å². The molecule has 0 saturated carbocycles. The van der Waals surface area contributed by atoms with E-state index in [1.807, 2.05) is 18.7 Å². The van der Waals surface area contributed by atoms with Crippen molar-refractivity contribution in [1.82, 2.24) is 15.5 Å². The second-order valence-corrected chi connectivity index (χ2v) is 5.41. The fourth-order valence-corrected chi connectivity index (χ4v) is 2.34. The van der Waals surface area contributed by atoms with Crippen molar-refractivity contribution in [1.29, 1.82) is 0 Å². The van der Waals surface area contributed by atoms with E-state index in [1.54, 1.807) is 7.11 Å². The van der Waals surface area contributed by atoms with Crippen LogP contribution in [0.15, 0.2) is 0 Å². The maximum absolute atomic E-state index is 12.1. The van der Waals surface area contributed by atoms with E-state index in [0.29, 0.717) is 6.61 Å². The van der Waals surface area contributed by atoms with Gasteiger partial charge in [-0.1, -0.05) is 0 Å². The van der Waals surface area contributed by atoms with Crippen molar-refractivity contribution in [2.24, 2.45) is 0 Å². The highest BCUT2D eigenvalue weighted by Crippen LogP contribution is 2.09. The second kappa shape index (κ2) is 8.92. The maximum atomic E-state index is 12.1.